The van der Waals surface area contributed by atoms with Crippen LogP contribution in [-0.2, 0) is 0 Å². The number of aromatic nitrogens is 3. The Morgan fingerprint density at radius 2 is 2.17 bits per heavy atom. The van der Waals surface area contributed by atoms with Gasteiger partial charge in [0.25, 0.3) is 5.56 Å². The van der Waals surface area contributed by atoms with Crippen LogP contribution in [0.4, 0.5) is 5.82 Å². The Kier molecular flexibility index (Phi) is 4.30. The summed E-state index contributed by atoms with van der Waals surface area (Å²) < 4.78 is 0. The highest BCUT2D eigenvalue weighted by Gasteiger charge is 2.27. The van der Waals surface area contributed by atoms with E-state index in [1.807, 2.05) is 54.4 Å². The molecule has 24 heavy (non-hydrogen) atoms. The van der Waals surface area contributed by atoms with Gasteiger partial charge in [-0.1, -0.05) is 12.5 Å². The number of pyridine rings is 1. The number of fused-ring (bicyclic) bond motifs is 1. The molecule has 2 heterocycles. The van der Waals surface area contributed by atoms with Gasteiger partial charge in [-0.15, -0.1) is 11.8 Å². The van der Waals surface area contributed by atoms with Gasteiger partial charge < -0.3 is 5.32 Å². The lowest BCUT2D eigenvalue weighted by molar-refractivity contribution is 0.564. The molecule has 4 rings (SSSR count). The minimum absolute atomic E-state index is 0.0584. The van der Waals surface area contributed by atoms with Crippen molar-refractivity contribution >= 4 is 28.5 Å². The van der Waals surface area contributed by atoms with Gasteiger partial charge in [0, 0.05) is 22.9 Å². The number of nitrogens with one attached hydrogen (secondary N) is 3. The first-order valence-electron chi connectivity index (χ1n) is 8.30. The highest BCUT2D eigenvalue weighted by Crippen LogP contribution is 2.33. The van der Waals surface area contributed by atoms with Crippen molar-refractivity contribution in [3.05, 3.63) is 52.9 Å². The molecule has 3 aromatic rings. The number of hydrogen-bond acceptors (Lipinski definition) is 4. The second-order valence-electron chi connectivity index (χ2n) is 6.25. The first-order valence-corrected chi connectivity index (χ1v) is 9.29. The molecule has 124 valence electrons. The summed E-state index contributed by atoms with van der Waals surface area (Å²) in [5, 5.41) is 9.86. The Morgan fingerprint density at radius 1 is 1.21 bits per heavy atom. The monoisotopic (exact) mass is 340 g/mol. The van der Waals surface area contributed by atoms with Crippen LogP contribution in [0.2, 0.25) is 0 Å². The lowest BCUT2D eigenvalue weighted by atomic mass is 10.1. The van der Waals surface area contributed by atoms with Gasteiger partial charge in [0.1, 0.15) is 5.82 Å². The molecule has 2 aromatic heterocycles. The van der Waals surface area contributed by atoms with E-state index in [1.54, 1.807) is 0 Å². The van der Waals surface area contributed by atoms with Crippen LogP contribution in [0.3, 0.4) is 0 Å². The number of H-pyrrole nitrogens is 2. The molecule has 0 amide bonds. The summed E-state index contributed by atoms with van der Waals surface area (Å²) in [6, 6.07) is 12.4. The minimum Gasteiger partial charge on any atom is -0.367 e. The van der Waals surface area contributed by atoms with Gasteiger partial charge in [0.15, 0.2) is 0 Å². The van der Waals surface area contributed by atoms with Gasteiger partial charge in [-0.2, -0.15) is 0 Å². The number of nitrogens with zero attached hydrogens (tertiary/aromatic N) is 1. The molecule has 0 bridgehead atoms. The summed E-state index contributed by atoms with van der Waals surface area (Å²) in [6.07, 6.45) is 5.54. The SMILES string of the molecule is O=c1[nH][nH]c2cc(SCC3CCCC3Nc3ccccn3)ccc12. The highest BCUT2D eigenvalue weighted by atomic mass is 32.2. The van der Waals surface area contributed by atoms with Gasteiger partial charge in [0.05, 0.1) is 10.9 Å². The molecule has 5 nitrogen and oxygen atoms in total. The topological polar surface area (TPSA) is 73.6 Å². The Morgan fingerprint density at radius 3 is 3.04 bits per heavy atom. The van der Waals surface area contributed by atoms with E-state index in [9.17, 15) is 4.79 Å². The molecule has 3 N–H and O–H groups in total. The predicted molar refractivity (Wildman–Crippen MR) is 98.6 cm³/mol. The van der Waals surface area contributed by atoms with Crippen molar-refractivity contribution < 1.29 is 0 Å². The molecule has 0 saturated heterocycles. The van der Waals surface area contributed by atoms with Crippen molar-refractivity contribution in [1.29, 1.82) is 0 Å². The van der Waals surface area contributed by atoms with E-state index in [2.05, 4.69) is 20.5 Å². The fourth-order valence-electron chi connectivity index (χ4n) is 3.37. The van der Waals surface area contributed by atoms with Crippen LogP contribution < -0.4 is 10.9 Å². The largest absolute Gasteiger partial charge is 0.367 e. The standard InChI is InChI=1S/C18H20N4OS/c23-18-14-8-7-13(10-16(14)21-22-18)24-11-12-4-3-5-15(12)20-17-6-1-2-9-19-17/h1-2,6-10,12,15H,3-5,11H2,(H,19,20)(H2,21,22,23). The molecular formula is C18H20N4OS. The number of hydrogen-bond donors (Lipinski definition) is 3. The maximum absolute atomic E-state index is 11.6. The molecule has 6 heteroatoms. The van der Waals surface area contributed by atoms with Crippen molar-refractivity contribution in [2.45, 2.75) is 30.2 Å². The van der Waals surface area contributed by atoms with E-state index >= 15 is 0 Å². The van der Waals surface area contributed by atoms with E-state index < -0.39 is 0 Å². The van der Waals surface area contributed by atoms with E-state index in [4.69, 9.17) is 0 Å². The van der Waals surface area contributed by atoms with Crippen molar-refractivity contribution in [3.63, 3.8) is 0 Å². The van der Waals surface area contributed by atoms with Gasteiger partial charge in [-0.25, -0.2) is 4.98 Å². The summed E-state index contributed by atoms with van der Waals surface area (Å²) in [5.74, 6) is 2.67. The molecule has 2 unspecified atom stereocenters. The van der Waals surface area contributed by atoms with E-state index in [0.717, 1.165) is 22.5 Å². The molecule has 1 aliphatic rings. The lowest BCUT2D eigenvalue weighted by Crippen LogP contribution is -2.25. The Labute approximate surface area is 144 Å². The minimum atomic E-state index is -0.0584. The summed E-state index contributed by atoms with van der Waals surface area (Å²) in [6.45, 7) is 0. The molecule has 0 radical (unpaired) electrons. The lowest BCUT2D eigenvalue weighted by Gasteiger charge is -2.21. The van der Waals surface area contributed by atoms with E-state index in [-0.39, 0.29) is 5.56 Å². The highest BCUT2D eigenvalue weighted by molar-refractivity contribution is 7.99. The van der Waals surface area contributed by atoms with Crippen LogP contribution in [-0.4, -0.2) is 27.0 Å². The Balaban J connectivity index is 1.41. The Hall–Kier alpha value is -2.21. The fourth-order valence-corrected chi connectivity index (χ4v) is 4.54. The zero-order valence-corrected chi connectivity index (χ0v) is 14.1. The molecule has 1 fully saturated rings. The van der Waals surface area contributed by atoms with Crippen LogP contribution in [0.15, 0.2) is 52.3 Å². The summed E-state index contributed by atoms with van der Waals surface area (Å²) in [5.41, 5.74) is 0.816. The molecule has 1 saturated carbocycles. The smallest absolute Gasteiger partial charge is 0.271 e. The van der Waals surface area contributed by atoms with Crippen molar-refractivity contribution in [3.8, 4) is 0 Å². The van der Waals surface area contributed by atoms with E-state index in [0.29, 0.717) is 12.0 Å². The maximum atomic E-state index is 11.6. The fraction of sp³-hybridized carbons (Fsp3) is 0.333. The van der Waals surface area contributed by atoms with Gasteiger partial charge in [-0.05, 0) is 49.1 Å². The van der Waals surface area contributed by atoms with Crippen LogP contribution in [0.1, 0.15) is 19.3 Å². The van der Waals surface area contributed by atoms with Crippen molar-refractivity contribution in [2.24, 2.45) is 5.92 Å². The number of thioether (sulfide) groups is 1. The number of rotatable bonds is 5. The van der Waals surface area contributed by atoms with Crippen LogP contribution in [0.25, 0.3) is 10.9 Å². The summed E-state index contributed by atoms with van der Waals surface area (Å²) in [7, 11) is 0. The van der Waals surface area contributed by atoms with Crippen LogP contribution in [0, 0.1) is 5.92 Å². The van der Waals surface area contributed by atoms with Gasteiger partial charge >= 0.3 is 0 Å². The average molecular weight is 340 g/mol. The van der Waals surface area contributed by atoms with Gasteiger partial charge in [0.2, 0.25) is 0 Å². The zero-order valence-electron chi connectivity index (χ0n) is 13.3. The zero-order chi connectivity index (χ0) is 16.4. The molecular weight excluding hydrogens is 320 g/mol. The molecule has 2 atom stereocenters. The molecule has 0 spiro atoms. The van der Waals surface area contributed by atoms with Crippen LogP contribution >= 0.6 is 11.8 Å². The molecule has 0 aliphatic heterocycles. The molecule has 1 aliphatic carbocycles. The van der Waals surface area contributed by atoms with Gasteiger partial charge in [-0.3, -0.25) is 15.0 Å². The molecule has 1 aromatic carbocycles. The second-order valence-corrected chi connectivity index (χ2v) is 7.35. The summed E-state index contributed by atoms with van der Waals surface area (Å²) >= 11 is 1.86. The number of aromatic amines is 2. The van der Waals surface area contributed by atoms with Crippen LogP contribution in [0.5, 0.6) is 0 Å². The normalized spacial score (nSPS) is 20.5. The maximum Gasteiger partial charge on any atom is 0.271 e. The third kappa shape index (κ3) is 3.19. The van der Waals surface area contributed by atoms with E-state index in [1.165, 1.54) is 24.2 Å². The Bertz CT molecular complexity index is 873. The summed E-state index contributed by atoms with van der Waals surface area (Å²) in [4.78, 5) is 17.1. The van der Waals surface area contributed by atoms with Crippen molar-refractivity contribution in [2.75, 3.05) is 11.1 Å². The second kappa shape index (κ2) is 6.73. The number of benzene rings is 1. The third-order valence-electron chi connectivity index (χ3n) is 4.67. The predicted octanol–water partition coefficient (Wildman–Crippen LogP) is 3.62. The first-order chi connectivity index (χ1) is 11.8. The quantitative estimate of drug-likeness (QED) is 0.620. The van der Waals surface area contributed by atoms with Crippen molar-refractivity contribution in [1.82, 2.24) is 15.2 Å². The average Bonchev–Trinajstić information content (AvgIpc) is 3.21. The third-order valence-corrected chi connectivity index (χ3v) is 5.85. The number of anilines is 1. The first kappa shape index (κ1) is 15.3.